The van der Waals surface area contributed by atoms with Gasteiger partial charge in [-0.1, -0.05) is 5.16 Å². The first-order valence-corrected chi connectivity index (χ1v) is 5.21. The van der Waals surface area contributed by atoms with Gasteiger partial charge in [0.25, 0.3) is 5.69 Å². The van der Waals surface area contributed by atoms with Crippen LogP contribution in [-0.4, -0.2) is 20.0 Å². The van der Waals surface area contributed by atoms with Gasteiger partial charge in [-0.05, 0) is 13.0 Å². The van der Waals surface area contributed by atoms with E-state index in [1.807, 2.05) is 0 Å². The molecule has 0 bridgehead atoms. The Hall–Kier alpha value is -2.51. The van der Waals surface area contributed by atoms with Crippen molar-refractivity contribution in [1.82, 2.24) is 15.1 Å². The summed E-state index contributed by atoms with van der Waals surface area (Å²) in [5.41, 5.74) is 0.352. The Morgan fingerprint density at radius 1 is 1.39 bits per heavy atom. The predicted octanol–water partition coefficient (Wildman–Crippen LogP) is 1.60. The topological polar surface area (TPSA) is 107 Å². The van der Waals surface area contributed by atoms with Crippen LogP contribution in [0.2, 0.25) is 0 Å². The molecular weight excluding hydrogens is 238 g/mol. The summed E-state index contributed by atoms with van der Waals surface area (Å²) in [5, 5.41) is 17.3. The Morgan fingerprint density at radius 2 is 2.17 bits per heavy atom. The zero-order valence-electron chi connectivity index (χ0n) is 9.88. The van der Waals surface area contributed by atoms with Gasteiger partial charge in [-0.15, -0.1) is 0 Å². The van der Waals surface area contributed by atoms with Crippen molar-refractivity contribution >= 4 is 11.5 Å². The molecule has 0 aliphatic carbocycles. The maximum absolute atomic E-state index is 10.6. The molecule has 0 spiro atoms. The summed E-state index contributed by atoms with van der Waals surface area (Å²) < 4.78 is 4.82. The summed E-state index contributed by atoms with van der Waals surface area (Å²) in [4.78, 5) is 18.3. The molecular formula is C10H11N5O3. The van der Waals surface area contributed by atoms with Crippen molar-refractivity contribution in [3.05, 3.63) is 39.7 Å². The molecule has 2 rings (SSSR count). The van der Waals surface area contributed by atoms with Crippen LogP contribution >= 0.6 is 0 Å². The first-order valence-electron chi connectivity index (χ1n) is 5.21. The number of hydrogen-bond donors (Lipinski definition) is 1. The molecule has 0 amide bonds. The number of nitro groups is 1. The second kappa shape index (κ2) is 4.78. The lowest BCUT2D eigenvalue weighted by Crippen LogP contribution is -2.04. The van der Waals surface area contributed by atoms with Crippen LogP contribution in [0.1, 0.15) is 17.4 Å². The number of nitrogens with one attached hydrogen (secondary N) is 1. The average molecular weight is 249 g/mol. The second-order valence-electron chi connectivity index (χ2n) is 3.64. The Labute approximate surface area is 102 Å². The summed E-state index contributed by atoms with van der Waals surface area (Å²) in [7, 11) is 0. The van der Waals surface area contributed by atoms with Gasteiger partial charge < -0.3 is 9.84 Å². The SMILES string of the molecule is Cc1nc(CNc2ccc([N+](=O)[O-])c(C)n2)no1. The Morgan fingerprint density at radius 3 is 2.72 bits per heavy atom. The summed E-state index contributed by atoms with van der Waals surface area (Å²) in [6.45, 7) is 3.63. The Kier molecular flexibility index (Phi) is 3.18. The normalized spacial score (nSPS) is 10.3. The van der Waals surface area contributed by atoms with E-state index in [1.54, 1.807) is 13.8 Å². The van der Waals surface area contributed by atoms with Crippen LogP contribution in [0, 0.1) is 24.0 Å². The van der Waals surface area contributed by atoms with E-state index in [0.29, 0.717) is 29.8 Å². The third-order valence-electron chi connectivity index (χ3n) is 2.25. The fourth-order valence-corrected chi connectivity index (χ4v) is 1.43. The van der Waals surface area contributed by atoms with Gasteiger partial charge in [-0.3, -0.25) is 10.1 Å². The third kappa shape index (κ3) is 2.59. The van der Waals surface area contributed by atoms with E-state index in [1.165, 1.54) is 12.1 Å². The first-order chi connectivity index (χ1) is 8.56. The number of rotatable bonds is 4. The molecule has 0 unspecified atom stereocenters. The lowest BCUT2D eigenvalue weighted by atomic mass is 10.3. The highest BCUT2D eigenvalue weighted by molar-refractivity contribution is 5.44. The number of pyridine rings is 1. The number of aromatic nitrogens is 3. The van der Waals surface area contributed by atoms with Gasteiger partial charge in [0.1, 0.15) is 11.5 Å². The lowest BCUT2D eigenvalue weighted by molar-refractivity contribution is -0.385. The average Bonchev–Trinajstić information content (AvgIpc) is 2.72. The van der Waals surface area contributed by atoms with Crippen LogP contribution in [-0.2, 0) is 6.54 Å². The van der Waals surface area contributed by atoms with Crippen LogP contribution in [0.25, 0.3) is 0 Å². The van der Waals surface area contributed by atoms with Crippen LogP contribution in [0.4, 0.5) is 11.5 Å². The van der Waals surface area contributed by atoms with Gasteiger partial charge in [0.2, 0.25) is 5.89 Å². The molecule has 8 heteroatoms. The molecule has 2 aromatic heterocycles. The molecule has 0 atom stereocenters. The number of aryl methyl sites for hydroxylation is 2. The molecule has 2 heterocycles. The van der Waals surface area contributed by atoms with Gasteiger partial charge in [-0.2, -0.15) is 4.98 Å². The highest BCUT2D eigenvalue weighted by Gasteiger charge is 2.11. The van der Waals surface area contributed by atoms with E-state index in [2.05, 4.69) is 20.4 Å². The number of hydrogen-bond acceptors (Lipinski definition) is 7. The largest absolute Gasteiger partial charge is 0.363 e. The fraction of sp³-hybridized carbons (Fsp3) is 0.300. The molecule has 0 aliphatic rings. The van der Waals surface area contributed by atoms with E-state index in [9.17, 15) is 10.1 Å². The molecule has 0 aromatic carbocycles. The highest BCUT2D eigenvalue weighted by atomic mass is 16.6. The molecule has 0 aliphatic heterocycles. The van der Waals surface area contributed by atoms with Crippen molar-refractivity contribution in [2.24, 2.45) is 0 Å². The fourth-order valence-electron chi connectivity index (χ4n) is 1.43. The summed E-state index contributed by atoms with van der Waals surface area (Å²) >= 11 is 0. The quantitative estimate of drug-likeness (QED) is 0.647. The Bertz CT molecular complexity index is 581. The minimum Gasteiger partial charge on any atom is -0.363 e. The molecule has 1 N–H and O–H groups in total. The van der Waals surface area contributed by atoms with Crippen LogP contribution in [0.5, 0.6) is 0 Å². The molecule has 0 saturated carbocycles. The van der Waals surface area contributed by atoms with Gasteiger partial charge in [-0.25, -0.2) is 4.98 Å². The van der Waals surface area contributed by atoms with Gasteiger partial charge in [0.15, 0.2) is 5.82 Å². The molecule has 0 fully saturated rings. The standard InChI is InChI=1S/C10H11N5O3/c1-6-8(15(16)17)3-4-9(12-6)11-5-10-13-7(2)18-14-10/h3-4H,5H2,1-2H3,(H,11,12). The Balaban J connectivity index is 2.06. The van der Waals surface area contributed by atoms with Crippen molar-refractivity contribution in [1.29, 1.82) is 0 Å². The van der Waals surface area contributed by atoms with Crippen molar-refractivity contribution < 1.29 is 9.45 Å². The molecule has 0 radical (unpaired) electrons. The third-order valence-corrected chi connectivity index (χ3v) is 2.25. The maximum atomic E-state index is 10.6. The van der Waals surface area contributed by atoms with E-state index in [-0.39, 0.29) is 5.69 Å². The van der Waals surface area contributed by atoms with Gasteiger partial charge in [0.05, 0.1) is 11.5 Å². The van der Waals surface area contributed by atoms with E-state index in [4.69, 9.17) is 4.52 Å². The maximum Gasteiger partial charge on any atom is 0.290 e. The predicted molar refractivity (Wildman–Crippen MR) is 62.0 cm³/mol. The lowest BCUT2D eigenvalue weighted by Gasteiger charge is -2.03. The molecule has 0 saturated heterocycles. The van der Waals surface area contributed by atoms with Crippen LogP contribution in [0.3, 0.4) is 0 Å². The molecule has 18 heavy (non-hydrogen) atoms. The zero-order valence-corrected chi connectivity index (χ0v) is 9.88. The number of nitrogens with zero attached hydrogens (tertiary/aromatic N) is 4. The molecule has 2 aromatic rings. The van der Waals surface area contributed by atoms with Crippen molar-refractivity contribution in [3.8, 4) is 0 Å². The van der Waals surface area contributed by atoms with Crippen molar-refractivity contribution in [2.75, 3.05) is 5.32 Å². The summed E-state index contributed by atoms with van der Waals surface area (Å²) in [6.07, 6.45) is 0. The van der Waals surface area contributed by atoms with Crippen LogP contribution in [0.15, 0.2) is 16.7 Å². The zero-order chi connectivity index (χ0) is 13.1. The molecule has 8 nitrogen and oxygen atoms in total. The first kappa shape index (κ1) is 12.0. The smallest absolute Gasteiger partial charge is 0.290 e. The van der Waals surface area contributed by atoms with Crippen LogP contribution < -0.4 is 5.32 Å². The number of anilines is 1. The second-order valence-corrected chi connectivity index (χ2v) is 3.64. The van der Waals surface area contributed by atoms with Crippen molar-refractivity contribution in [2.45, 2.75) is 20.4 Å². The van der Waals surface area contributed by atoms with Gasteiger partial charge in [0, 0.05) is 13.0 Å². The van der Waals surface area contributed by atoms with E-state index >= 15 is 0 Å². The van der Waals surface area contributed by atoms with E-state index < -0.39 is 4.92 Å². The minimum atomic E-state index is -0.464. The monoisotopic (exact) mass is 249 g/mol. The van der Waals surface area contributed by atoms with Crippen molar-refractivity contribution in [3.63, 3.8) is 0 Å². The minimum absolute atomic E-state index is 0.00374. The summed E-state index contributed by atoms with van der Waals surface area (Å²) in [6, 6.07) is 2.95. The van der Waals surface area contributed by atoms with Gasteiger partial charge >= 0.3 is 0 Å². The molecule has 94 valence electrons. The summed E-state index contributed by atoms with van der Waals surface area (Å²) in [5.74, 6) is 1.52. The highest BCUT2D eigenvalue weighted by Crippen LogP contribution is 2.17. The van der Waals surface area contributed by atoms with E-state index in [0.717, 1.165) is 0 Å².